The first-order valence-electron chi connectivity index (χ1n) is 5.38. The van der Waals surface area contributed by atoms with E-state index in [1.165, 1.54) is 18.2 Å². The Kier molecular flexibility index (Phi) is 2.96. The largest absolute Gasteiger partial charge is 0.505 e. The summed E-state index contributed by atoms with van der Waals surface area (Å²) in [6.45, 7) is -0.109. The number of rotatable bonds is 1. The third-order valence-corrected chi connectivity index (χ3v) is 3.49. The molecule has 0 atom stereocenters. The first kappa shape index (κ1) is 12.5. The smallest absolute Gasteiger partial charge is 0.207 e. The van der Waals surface area contributed by atoms with Gasteiger partial charge in [0.15, 0.2) is 46.1 Å². The zero-order valence-corrected chi connectivity index (χ0v) is 11.6. The molecule has 2 aromatic rings. The molecule has 1 aliphatic heterocycles. The van der Waals surface area contributed by atoms with Crippen LogP contribution in [0.2, 0.25) is 0 Å². The Morgan fingerprint density at radius 2 is 1.84 bits per heavy atom. The third kappa shape index (κ3) is 1.81. The van der Waals surface area contributed by atoms with Crippen LogP contribution in [0.4, 0.5) is 8.78 Å². The quantitative estimate of drug-likeness (QED) is 0.766. The summed E-state index contributed by atoms with van der Waals surface area (Å²) in [7, 11) is 0. The molecule has 0 amide bonds. The highest BCUT2D eigenvalue weighted by atomic mass is 127. The maximum absolute atomic E-state index is 14.1. The van der Waals surface area contributed by atoms with Crippen LogP contribution in [0.1, 0.15) is 5.56 Å². The number of phenols is 1. The average molecular weight is 376 g/mol. The minimum absolute atomic E-state index is 0.0601. The fourth-order valence-electron chi connectivity index (χ4n) is 2.10. The van der Waals surface area contributed by atoms with E-state index in [4.69, 9.17) is 7.80 Å². The van der Waals surface area contributed by atoms with Gasteiger partial charge in [0.25, 0.3) is 0 Å². The first-order valence-corrected chi connectivity index (χ1v) is 6.26. The van der Waals surface area contributed by atoms with Crippen LogP contribution in [0.25, 0.3) is 11.1 Å². The van der Waals surface area contributed by atoms with E-state index >= 15 is 0 Å². The van der Waals surface area contributed by atoms with E-state index in [9.17, 15) is 13.9 Å². The minimum Gasteiger partial charge on any atom is -0.505 e. The van der Waals surface area contributed by atoms with Gasteiger partial charge < -0.3 is 12.9 Å². The molecule has 19 heavy (non-hydrogen) atoms. The summed E-state index contributed by atoms with van der Waals surface area (Å²) in [5.41, 5.74) is 1.26. The van der Waals surface area contributed by atoms with Crippen molar-refractivity contribution in [1.82, 2.24) is 0 Å². The van der Waals surface area contributed by atoms with Gasteiger partial charge in [0, 0.05) is 11.1 Å². The summed E-state index contributed by atoms with van der Waals surface area (Å²) in [4.78, 5) is 0. The number of halogens is 3. The molecule has 0 spiro atoms. The fraction of sp³-hybridized carbons (Fsp3) is 0.0769. The molecule has 0 bridgehead atoms. The SMILES string of the molecule is Oc1ccc2c(c1F)OCc1c-2ccc(OI)c1F. The maximum Gasteiger partial charge on any atom is 0.207 e. The lowest BCUT2D eigenvalue weighted by atomic mass is 9.96. The van der Waals surface area contributed by atoms with Gasteiger partial charge in [-0.1, -0.05) is 0 Å². The van der Waals surface area contributed by atoms with E-state index in [1.54, 1.807) is 29.1 Å². The molecule has 3 nitrogen and oxygen atoms in total. The van der Waals surface area contributed by atoms with Gasteiger partial charge in [0.05, 0.1) is 0 Å². The topological polar surface area (TPSA) is 38.7 Å². The Morgan fingerprint density at radius 1 is 1.11 bits per heavy atom. The van der Waals surface area contributed by atoms with Gasteiger partial charge in [-0.05, 0) is 29.8 Å². The van der Waals surface area contributed by atoms with Crippen LogP contribution in [-0.4, -0.2) is 5.11 Å². The summed E-state index contributed by atoms with van der Waals surface area (Å²) in [6.07, 6.45) is 0. The molecule has 98 valence electrons. The van der Waals surface area contributed by atoms with E-state index in [0.717, 1.165) is 0 Å². The van der Waals surface area contributed by atoms with Crippen molar-refractivity contribution in [2.75, 3.05) is 0 Å². The normalized spacial score (nSPS) is 12.4. The molecule has 0 fully saturated rings. The van der Waals surface area contributed by atoms with Crippen molar-refractivity contribution in [2.24, 2.45) is 0 Å². The van der Waals surface area contributed by atoms with E-state index < -0.39 is 17.4 Å². The zero-order chi connectivity index (χ0) is 13.6. The summed E-state index contributed by atoms with van der Waals surface area (Å²) in [5.74, 6) is -1.81. The molecule has 1 heterocycles. The van der Waals surface area contributed by atoms with Crippen molar-refractivity contribution < 1.29 is 21.7 Å². The molecule has 0 unspecified atom stereocenters. The number of hydrogen-bond acceptors (Lipinski definition) is 3. The van der Waals surface area contributed by atoms with E-state index in [-0.39, 0.29) is 18.1 Å². The van der Waals surface area contributed by atoms with Gasteiger partial charge in [-0.25, -0.2) is 4.39 Å². The summed E-state index contributed by atoms with van der Waals surface area (Å²) >= 11 is 1.59. The second kappa shape index (κ2) is 4.52. The number of ether oxygens (including phenoxy) is 1. The Morgan fingerprint density at radius 3 is 2.58 bits per heavy atom. The molecule has 0 saturated heterocycles. The van der Waals surface area contributed by atoms with Gasteiger partial charge in [0.2, 0.25) is 5.82 Å². The van der Waals surface area contributed by atoms with Crippen LogP contribution in [-0.2, 0) is 6.61 Å². The van der Waals surface area contributed by atoms with E-state index in [1.807, 2.05) is 0 Å². The predicted molar refractivity (Wildman–Crippen MR) is 72.4 cm³/mol. The standard InChI is InChI=1S/C13H7F2IO3/c14-11-8-5-18-13-7(1-3-9(17)12(13)15)6(8)2-4-10(11)19-16/h1-4,17H,5H2. The Bertz CT molecular complexity index is 673. The second-order valence-electron chi connectivity index (χ2n) is 4.04. The number of aromatic hydroxyl groups is 1. The molecule has 2 aromatic carbocycles. The predicted octanol–water partition coefficient (Wildman–Crippen LogP) is 3.96. The number of fused-ring (bicyclic) bond motifs is 3. The molecule has 0 aromatic heterocycles. The molecule has 0 saturated carbocycles. The molecule has 0 radical (unpaired) electrons. The molecular weight excluding hydrogens is 369 g/mol. The van der Waals surface area contributed by atoms with Gasteiger partial charge in [-0.2, -0.15) is 4.39 Å². The summed E-state index contributed by atoms with van der Waals surface area (Å²) < 4.78 is 37.9. The van der Waals surface area contributed by atoms with Crippen LogP contribution in [0.3, 0.4) is 0 Å². The van der Waals surface area contributed by atoms with Gasteiger partial charge in [-0.15, -0.1) is 0 Å². The fourth-order valence-corrected chi connectivity index (χ4v) is 2.44. The highest BCUT2D eigenvalue weighted by Crippen LogP contribution is 2.44. The van der Waals surface area contributed by atoms with Crippen molar-refractivity contribution in [3.8, 4) is 28.4 Å². The Hall–Kier alpha value is -1.57. The monoisotopic (exact) mass is 376 g/mol. The molecule has 1 aliphatic rings. The zero-order valence-electron chi connectivity index (χ0n) is 9.41. The molecule has 0 aliphatic carbocycles. The number of benzene rings is 2. The number of hydrogen-bond donors (Lipinski definition) is 1. The minimum atomic E-state index is -0.835. The molecular formula is C13H7F2IO3. The lowest BCUT2D eigenvalue weighted by molar-refractivity contribution is 0.274. The van der Waals surface area contributed by atoms with Crippen LogP contribution >= 0.6 is 23.0 Å². The van der Waals surface area contributed by atoms with Gasteiger partial charge in [0.1, 0.15) is 6.61 Å². The van der Waals surface area contributed by atoms with Crippen LogP contribution in [0.15, 0.2) is 24.3 Å². The lowest BCUT2D eigenvalue weighted by Gasteiger charge is -2.22. The third-order valence-electron chi connectivity index (χ3n) is 3.02. The molecule has 6 heteroatoms. The van der Waals surface area contributed by atoms with Crippen molar-refractivity contribution in [2.45, 2.75) is 6.61 Å². The van der Waals surface area contributed by atoms with Crippen LogP contribution < -0.4 is 7.80 Å². The van der Waals surface area contributed by atoms with Crippen LogP contribution in [0, 0.1) is 11.6 Å². The van der Waals surface area contributed by atoms with E-state index in [0.29, 0.717) is 16.7 Å². The highest BCUT2D eigenvalue weighted by molar-refractivity contribution is 14.1. The van der Waals surface area contributed by atoms with Crippen LogP contribution in [0.5, 0.6) is 17.2 Å². The summed E-state index contributed by atoms with van der Waals surface area (Å²) in [6, 6.07) is 5.83. The maximum atomic E-state index is 14.1. The Balaban J connectivity index is 2.26. The molecule has 1 N–H and O–H groups in total. The van der Waals surface area contributed by atoms with E-state index in [2.05, 4.69) is 0 Å². The van der Waals surface area contributed by atoms with Crippen molar-refractivity contribution in [1.29, 1.82) is 0 Å². The van der Waals surface area contributed by atoms with Crippen molar-refractivity contribution in [3.05, 3.63) is 41.5 Å². The second-order valence-corrected chi connectivity index (χ2v) is 4.49. The highest BCUT2D eigenvalue weighted by Gasteiger charge is 2.26. The van der Waals surface area contributed by atoms with Crippen molar-refractivity contribution >= 4 is 23.0 Å². The number of phenolic OH excluding ortho intramolecular Hbond substituents is 1. The summed E-state index contributed by atoms with van der Waals surface area (Å²) in [5, 5.41) is 9.31. The van der Waals surface area contributed by atoms with Crippen molar-refractivity contribution in [3.63, 3.8) is 0 Å². The van der Waals surface area contributed by atoms with Gasteiger partial charge >= 0.3 is 0 Å². The average Bonchev–Trinajstić information content (AvgIpc) is 2.43. The lowest BCUT2D eigenvalue weighted by Crippen LogP contribution is -2.09. The first-order chi connectivity index (χ1) is 9.13. The van der Waals surface area contributed by atoms with Gasteiger partial charge in [-0.3, -0.25) is 0 Å². The Labute approximate surface area is 121 Å². The molecule has 3 rings (SSSR count).